The maximum atomic E-state index is 9.73. The molecule has 1 N–H and O–H groups in total. The highest BCUT2D eigenvalue weighted by Gasteiger charge is 2.39. The number of likely N-dealkylation sites (tertiary alicyclic amines) is 1. The Kier molecular flexibility index (Phi) is 2.13. The van der Waals surface area contributed by atoms with Crippen molar-refractivity contribution in [2.24, 2.45) is 5.92 Å². The molecule has 0 spiro atoms. The van der Waals surface area contributed by atoms with Gasteiger partial charge in [-0.2, -0.15) is 0 Å². The summed E-state index contributed by atoms with van der Waals surface area (Å²) in [6, 6.07) is 0. The lowest BCUT2D eigenvalue weighted by Crippen LogP contribution is -2.61. The van der Waals surface area contributed by atoms with Crippen molar-refractivity contribution < 1.29 is 5.11 Å². The zero-order valence-electron chi connectivity index (χ0n) is 7.92. The summed E-state index contributed by atoms with van der Waals surface area (Å²) < 4.78 is 0. The van der Waals surface area contributed by atoms with Crippen LogP contribution in [0.3, 0.4) is 0 Å². The quantitative estimate of drug-likeness (QED) is 0.684. The van der Waals surface area contributed by atoms with E-state index in [1.165, 1.54) is 25.8 Å². The first-order valence-corrected chi connectivity index (χ1v) is 5.16. The molecule has 0 unspecified atom stereocenters. The van der Waals surface area contributed by atoms with Gasteiger partial charge in [-0.05, 0) is 25.3 Å². The molecule has 1 heterocycles. The van der Waals surface area contributed by atoms with Crippen LogP contribution in [-0.4, -0.2) is 35.2 Å². The highest BCUT2D eigenvalue weighted by Crippen LogP contribution is 2.33. The Hall–Kier alpha value is -0.0800. The fourth-order valence-corrected chi connectivity index (χ4v) is 1.94. The Balaban J connectivity index is 1.60. The number of aliphatic hydroxyl groups is 1. The number of rotatable bonds is 4. The van der Waals surface area contributed by atoms with Crippen molar-refractivity contribution in [2.75, 3.05) is 19.6 Å². The second kappa shape index (κ2) is 3.00. The number of nitrogens with zero attached hydrogens (tertiary/aromatic N) is 1. The lowest BCUT2D eigenvalue weighted by molar-refractivity contribution is -0.0997. The summed E-state index contributed by atoms with van der Waals surface area (Å²) in [6.45, 7) is 5.11. The monoisotopic (exact) mass is 169 g/mol. The molecule has 1 saturated carbocycles. The van der Waals surface area contributed by atoms with Gasteiger partial charge in [0.05, 0.1) is 5.60 Å². The van der Waals surface area contributed by atoms with E-state index in [9.17, 15) is 5.11 Å². The van der Waals surface area contributed by atoms with Crippen LogP contribution in [0.2, 0.25) is 0 Å². The molecule has 0 atom stereocenters. The maximum absolute atomic E-state index is 9.73. The second-order valence-electron chi connectivity index (χ2n) is 4.52. The van der Waals surface area contributed by atoms with Gasteiger partial charge in [-0.25, -0.2) is 0 Å². The van der Waals surface area contributed by atoms with E-state index in [0.29, 0.717) is 0 Å². The van der Waals surface area contributed by atoms with E-state index in [2.05, 4.69) is 11.8 Å². The minimum Gasteiger partial charge on any atom is -0.387 e. The summed E-state index contributed by atoms with van der Waals surface area (Å²) in [5.41, 5.74) is -0.330. The highest BCUT2D eigenvalue weighted by molar-refractivity contribution is 4.94. The topological polar surface area (TPSA) is 23.5 Å². The minimum absolute atomic E-state index is 0.330. The fourth-order valence-electron chi connectivity index (χ4n) is 1.94. The molecule has 0 aromatic rings. The largest absolute Gasteiger partial charge is 0.387 e. The Morgan fingerprint density at radius 3 is 2.58 bits per heavy atom. The molecule has 12 heavy (non-hydrogen) atoms. The molecule has 2 aliphatic rings. The van der Waals surface area contributed by atoms with Crippen LogP contribution >= 0.6 is 0 Å². The van der Waals surface area contributed by atoms with E-state index in [1.54, 1.807) is 0 Å². The van der Waals surface area contributed by atoms with Gasteiger partial charge in [0.25, 0.3) is 0 Å². The van der Waals surface area contributed by atoms with Gasteiger partial charge < -0.3 is 5.11 Å². The molecular formula is C10H19NO. The van der Waals surface area contributed by atoms with Crippen molar-refractivity contribution in [1.82, 2.24) is 4.90 Å². The molecule has 70 valence electrons. The molecule has 1 aliphatic carbocycles. The first kappa shape index (κ1) is 8.52. The first-order chi connectivity index (χ1) is 5.72. The fraction of sp³-hybridized carbons (Fsp3) is 1.00. The van der Waals surface area contributed by atoms with E-state index in [0.717, 1.165) is 25.4 Å². The molecule has 0 amide bonds. The summed E-state index contributed by atoms with van der Waals surface area (Å²) in [4.78, 5) is 2.38. The van der Waals surface area contributed by atoms with Gasteiger partial charge in [0.15, 0.2) is 0 Å². The Bertz CT molecular complexity index is 159. The average molecular weight is 169 g/mol. The van der Waals surface area contributed by atoms with Crippen LogP contribution in [0.1, 0.15) is 32.6 Å². The van der Waals surface area contributed by atoms with Gasteiger partial charge >= 0.3 is 0 Å². The van der Waals surface area contributed by atoms with Gasteiger partial charge in [0, 0.05) is 13.1 Å². The Morgan fingerprint density at radius 1 is 1.42 bits per heavy atom. The summed E-state index contributed by atoms with van der Waals surface area (Å²) >= 11 is 0. The first-order valence-electron chi connectivity index (χ1n) is 5.16. The lowest BCUT2D eigenvalue weighted by Gasteiger charge is -2.46. The van der Waals surface area contributed by atoms with Gasteiger partial charge in [-0.3, -0.25) is 4.90 Å². The molecule has 0 aromatic heterocycles. The Labute approximate surface area is 74.6 Å². The van der Waals surface area contributed by atoms with Crippen molar-refractivity contribution in [1.29, 1.82) is 0 Å². The molecule has 2 nitrogen and oxygen atoms in total. The lowest BCUT2D eigenvalue weighted by atomic mass is 9.91. The average Bonchev–Trinajstić information content (AvgIpc) is 2.79. The van der Waals surface area contributed by atoms with Gasteiger partial charge in [-0.15, -0.1) is 0 Å². The van der Waals surface area contributed by atoms with Gasteiger partial charge in [0.2, 0.25) is 0 Å². The third-order valence-corrected chi connectivity index (χ3v) is 3.24. The number of β-amino-alcohol motifs (C(OH)–C–C–N with tert-alkyl or cyclic N) is 1. The molecule has 0 radical (unpaired) electrons. The van der Waals surface area contributed by atoms with Crippen LogP contribution in [0.25, 0.3) is 0 Å². The number of hydrogen-bond acceptors (Lipinski definition) is 2. The molecule has 2 heteroatoms. The van der Waals surface area contributed by atoms with Crippen molar-refractivity contribution >= 4 is 0 Å². The van der Waals surface area contributed by atoms with Crippen molar-refractivity contribution in [2.45, 2.75) is 38.2 Å². The summed E-state index contributed by atoms with van der Waals surface area (Å²) in [5, 5.41) is 9.73. The third-order valence-electron chi connectivity index (χ3n) is 3.24. The van der Waals surface area contributed by atoms with Crippen LogP contribution in [0.15, 0.2) is 0 Å². The molecule has 0 aromatic carbocycles. The predicted molar refractivity (Wildman–Crippen MR) is 49.0 cm³/mol. The smallest absolute Gasteiger partial charge is 0.0897 e. The SMILES string of the molecule is CCC1(O)CN(CCC2CC2)C1. The van der Waals surface area contributed by atoms with Crippen LogP contribution in [-0.2, 0) is 0 Å². The van der Waals surface area contributed by atoms with Crippen LogP contribution in [0.4, 0.5) is 0 Å². The zero-order chi connectivity index (χ0) is 8.60. The van der Waals surface area contributed by atoms with E-state index in [4.69, 9.17) is 0 Å². The zero-order valence-corrected chi connectivity index (χ0v) is 7.92. The minimum atomic E-state index is -0.330. The highest BCUT2D eigenvalue weighted by atomic mass is 16.3. The van der Waals surface area contributed by atoms with Crippen LogP contribution in [0.5, 0.6) is 0 Å². The Morgan fingerprint density at radius 2 is 2.08 bits per heavy atom. The van der Waals surface area contributed by atoms with E-state index in [-0.39, 0.29) is 5.60 Å². The molecule has 1 aliphatic heterocycles. The second-order valence-corrected chi connectivity index (χ2v) is 4.52. The maximum Gasteiger partial charge on any atom is 0.0897 e. The van der Waals surface area contributed by atoms with Crippen molar-refractivity contribution in [3.63, 3.8) is 0 Å². The van der Waals surface area contributed by atoms with Crippen LogP contribution in [0, 0.1) is 5.92 Å². The summed E-state index contributed by atoms with van der Waals surface area (Å²) in [7, 11) is 0. The van der Waals surface area contributed by atoms with E-state index >= 15 is 0 Å². The van der Waals surface area contributed by atoms with Crippen LogP contribution < -0.4 is 0 Å². The van der Waals surface area contributed by atoms with Crippen molar-refractivity contribution in [3.05, 3.63) is 0 Å². The van der Waals surface area contributed by atoms with E-state index in [1.807, 2.05) is 0 Å². The molecule has 2 fully saturated rings. The predicted octanol–water partition coefficient (Wildman–Crippen LogP) is 1.24. The molecular weight excluding hydrogens is 150 g/mol. The molecule has 1 saturated heterocycles. The third kappa shape index (κ3) is 1.80. The standard InChI is InChI=1S/C10H19NO/c1-2-10(12)7-11(8-10)6-5-9-3-4-9/h9,12H,2-8H2,1H3. The van der Waals surface area contributed by atoms with Crippen molar-refractivity contribution in [3.8, 4) is 0 Å². The van der Waals surface area contributed by atoms with E-state index < -0.39 is 0 Å². The molecule has 0 bridgehead atoms. The molecule has 2 rings (SSSR count). The van der Waals surface area contributed by atoms with Gasteiger partial charge in [-0.1, -0.05) is 19.8 Å². The summed E-state index contributed by atoms with van der Waals surface area (Å²) in [5.74, 6) is 1.03. The van der Waals surface area contributed by atoms with Gasteiger partial charge in [0.1, 0.15) is 0 Å². The normalized spacial score (nSPS) is 28.5. The number of hydrogen-bond donors (Lipinski definition) is 1. The summed E-state index contributed by atoms with van der Waals surface area (Å²) in [6.07, 6.45) is 5.17.